The van der Waals surface area contributed by atoms with Gasteiger partial charge in [-0.15, -0.1) is 0 Å². The number of carbonyl (C=O) groups excluding carboxylic acids is 2. The van der Waals surface area contributed by atoms with Gasteiger partial charge in [0.2, 0.25) is 0 Å². The van der Waals surface area contributed by atoms with Crippen LogP contribution in [0.4, 0.5) is 0 Å². The van der Waals surface area contributed by atoms with Crippen LogP contribution >= 0.6 is 0 Å². The fourth-order valence-corrected chi connectivity index (χ4v) is 6.16. The van der Waals surface area contributed by atoms with E-state index in [1.54, 1.807) is 0 Å². The molecule has 57 heavy (non-hydrogen) atoms. The van der Waals surface area contributed by atoms with Crippen molar-refractivity contribution >= 4 is 17.9 Å². The number of aliphatic carboxylic acids is 1. The molecule has 1 aliphatic heterocycles. The Hall–Kier alpha value is -3.09. The molecule has 4 N–H and O–H groups in total. The summed E-state index contributed by atoms with van der Waals surface area (Å²) in [5, 5.41) is 39.8. The molecule has 6 atom stereocenters. The van der Waals surface area contributed by atoms with Gasteiger partial charge in [0.05, 0.1) is 6.61 Å². The smallest absolute Gasteiger partial charge is 0.335 e. The monoisotopic (exact) mass is 805 g/mol. The molecule has 0 saturated carbocycles. The Morgan fingerprint density at radius 2 is 1.04 bits per heavy atom. The molecule has 0 aromatic rings. The van der Waals surface area contributed by atoms with Crippen molar-refractivity contribution in [2.75, 3.05) is 13.2 Å². The van der Waals surface area contributed by atoms with E-state index in [-0.39, 0.29) is 19.4 Å². The van der Waals surface area contributed by atoms with Gasteiger partial charge < -0.3 is 39.4 Å². The van der Waals surface area contributed by atoms with Crippen molar-refractivity contribution in [1.82, 2.24) is 0 Å². The van der Waals surface area contributed by atoms with Gasteiger partial charge in [0.15, 0.2) is 18.5 Å². The quantitative estimate of drug-likeness (QED) is 0.0274. The first kappa shape index (κ1) is 51.9. The first-order valence-corrected chi connectivity index (χ1v) is 21.8. The van der Waals surface area contributed by atoms with Crippen molar-refractivity contribution < 1.29 is 53.8 Å². The lowest BCUT2D eigenvalue weighted by molar-refractivity contribution is -0.298. The second-order valence-electron chi connectivity index (χ2n) is 14.8. The van der Waals surface area contributed by atoms with Gasteiger partial charge >= 0.3 is 17.9 Å². The van der Waals surface area contributed by atoms with Crippen molar-refractivity contribution in [3.05, 3.63) is 60.8 Å². The first-order chi connectivity index (χ1) is 27.7. The number of carbonyl (C=O) groups is 3. The fourth-order valence-electron chi connectivity index (χ4n) is 6.16. The number of hydrogen-bond donors (Lipinski definition) is 4. The van der Waals surface area contributed by atoms with Crippen LogP contribution in [0.25, 0.3) is 0 Å². The topological polar surface area (TPSA) is 169 Å². The predicted octanol–water partition coefficient (Wildman–Crippen LogP) is 9.14. The second-order valence-corrected chi connectivity index (χ2v) is 14.8. The van der Waals surface area contributed by atoms with Crippen molar-refractivity contribution in [2.45, 2.75) is 198 Å². The Morgan fingerprint density at radius 1 is 0.561 bits per heavy atom. The number of carboxylic acids is 1. The van der Waals surface area contributed by atoms with Gasteiger partial charge in [0, 0.05) is 12.8 Å². The molecule has 1 saturated heterocycles. The minimum atomic E-state index is -1.87. The molecule has 0 spiro atoms. The van der Waals surface area contributed by atoms with Crippen LogP contribution in [0.1, 0.15) is 162 Å². The first-order valence-electron chi connectivity index (χ1n) is 21.8. The third-order valence-corrected chi connectivity index (χ3v) is 9.60. The maximum Gasteiger partial charge on any atom is 0.335 e. The van der Waals surface area contributed by atoms with Crippen LogP contribution in [0.15, 0.2) is 60.8 Å². The van der Waals surface area contributed by atoms with E-state index in [2.05, 4.69) is 74.6 Å². The van der Waals surface area contributed by atoms with E-state index in [4.69, 9.17) is 18.9 Å². The van der Waals surface area contributed by atoms with E-state index in [1.165, 1.54) is 44.9 Å². The van der Waals surface area contributed by atoms with Crippen LogP contribution < -0.4 is 0 Å². The predicted molar refractivity (Wildman–Crippen MR) is 224 cm³/mol. The number of aliphatic hydroxyl groups is 3. The Labute approximate surface area is 343 Å². The summed E-state index contributed by atoms with van der Waals surface area (Å²) in [7, 11) is 0. The van der Waals surface area contributed by atoms with E-state index < -0.39 is 61.3 Å². The van der Waals surface area contributed by atoms with Crippen LogP contribution in [0.5, 0.6) is 0 Å². The lowest BCUT2D eigenvalue weighted by Crippen LogP contribution is -2.60. The number of unbranched alkanes of at least 4 members (excludes halogenated alkanes) is 14. The summed E-state index contributed by atoms with van der Waals surface area (Å²) in [6.07, 6.45) is 34.2. The number of rotatable bonds is 35. The van der Waals surface area contributed by atoms with E-state index in [1.807, 2.05) is 0 Å². The van der Waals surface area contributed by atoms with Crippen molar-refractivity contribution in [2.24, 2.45) is 0 Å². The average molecular weight is 805 g/mol. The molecule has 326 valence electrons. The summed E-state index contributed by atoms with van der Waals surface area (Å²) >= 11 is 0. The number of hydrogen-bond acceptors (Lipinski definition) is 10. The van der Waals surface area contributed by atoms with Gasteiger partial charge in [0.25, 0.3) is 0 Å². The third kappa shape index (κ3) is 28.1. The van der Waals surface area contributed by atoms with E-state index in [0.29, 0.717) is 12.8 Å². The number of allylic oxidation sites excluding steroid dienone is 10. The zero-order valence-electron chi connectivity index (χ0n) is 35.1. The van der Waals surface area contributed by atoms with Gasteiger partial charge in [-0.05, 0) is 77.0 Å². The second kappa shape index (κ2) is 36.0. The molecule has 0 aromatic heterocycles. The van der Waals surface area contributed by atoms with Gasteiger partial charge in [0.1, 0.15) is 24.9 Å². The van der Waals surface area contributed by atoms with E-state index in [0.717, 1.165) is 77.0 Å². The average Bonchev–Trinajstić information content (AvgIpc) is 3.19. The molecule has 11 heteroatoms. The molecule has 1 heterocycles. The summed E-state index contributed by atoms with van der Waals surface area (Å²) < 4.78 is 21.7. The molecule has 6 unspecified atom stereocenters. The molecular formula is C46H76O11. The lowest BCUT2D eigenvalue weighted by Gasteiger charge is -2.38. The Kier molecular flexibility index (Phi) is 32.8. The zero-order valence-corrected chi connectivity index (χ0v) is 35.1. The number of esters is 2. The highest BCUT2D eigenvalue weighted by molar-refractivity contribution is 5.73. The highest BCUT2D eigenvalue weighted by atomic mass is 16.7. The molecule has 1 aliphatic rings. The summed E-state index contributed by atoms with van der Waals surface area (Å²) in [5.74, 6) is -2.50. The minimum Gasteiger partial charge on any atom is -0.479 e. The maximum atomic E-state index is 12.8. The lowest BCUT2D eigenvalue weighted by atomic mass is 9.99. The minimum absolute atomic E-state index is 0.165. The molecule has 1 rings (SSSR count). The molecular weight excluding hydrogens is 728 g/mol. The van der Waals surface area contributed by atoms with Gasteiger partial charge in [-0.25, -0.2) is 4.79 Å². The van der Waals surface area contributed by atoms with E-state index >= 15 is 0 Å². The van der Waals surface area contributed by atoms with Crippen LogP contribution in [0.2, 0.25) is 0 Å². The van der Waals surface area contributed by atoms with Gasteiger partial charge in [-0.3, -0.25) is 9.59 Å². The standard InChI is InChI=1S/C46H76O11/c1-3-5-7-9-11-13-15-17-18-19-20-21-23-25-27-29-31-33-35-40(48)56-38(37-55-46-43(51)41(49)42(50)44(57-46)45(52)53)36-54-39(47)34-32-30-28-26-24-22-16-14-12-10-8-6-4-2/h6,8,12-15,18-19,22,24,38,41-44,46,49-51H,3-5,7,9-11,16-17,20-21,23,25-37H2,1-2H3,(H,52,53)/b8-6-,14-12-,15-13-,19-18-,24-22-. The van der Waals surface area contributed by atoms with Gasteiger partial charge in [-0.1, -0.05) is 132 Å². The number of carboxylic acid groups (broad SMARTS) is 1. The van der Waals surface area contributed by atoms with Crippen molar-refractivity contribution in [3.63, 3.8) is 0 Å². The van der Waals surface area contributed by atoms with Crippen LogP contribution in [0.3, 0.4) is 0 Å². The molecule has 0 aromatic carbocycles. The summed E-state index contributed by atoms with van der Waals surface area (Å²) in [6, 6.07) is 0. The Bertz CT molecular complexity index is 1180. The van der Waals surface area contributed by atoms with Crippen molar-refractivity contribution in [3.8, 4) is 0 Å². The summed E-state index contributed by atoms with van der Waals surface area (Å²) in [4.78, 5) is 36.8. The molecule has 1 fully saturated rings. The molecule has 0 bridgehead atoms. The van der Waals surface area contributed by atoms with E-state index in [9.17, 15) is 34.8 Å². The summed E-state index contributed by atoms with van der Waals surface area (Å²) in [6.45, 7) is 3.63. The van der Waals surface area contributed by atoms with Gasteiger partial charge in [-0.2, -0.15) is 0 Å². The normalized spacial score (nSPS) is 20.8. The molecule has 0 aliphatic carbocycles. The van der Waals surface area contributed by atoms with Crippen LogP contribution in [0, 0.1) is 0 Å². The zero-order chi connectivity index (χ0) is 41.8. The maximum absolute atomic E-state index is 12.8. The highest BCUT2D eigenvalue weighted by Gasteiger charge is 2.47. The Balaban J connectivity index is 2.41. The largest absolute Gasteiger partial charge is 0.479 e. The molecule has 0 amide bonds. The SMILES string of the molecule is CC/C=C\C/C=C\C/C=C\CCCCCC(=O)OCC(COC1OC(C(=O)O)C(O)C(O)C1O)OC(=O)CCCCCCCCC/C=C\C/C=C\CCCCCC. The fraction of sp³-hybridized carbons (Fsp3) is 0.717. The molecule has 11 nitrogen and oxygen atoms in total. The number of aliphatic hydroxyl groups excluding tert-OH is 3. The van der Waals surface area contributed by atoms with Crippen LogP contribution in [-0.4, -0.2) is 88.4 Å². The Morgan fingerprint density at radius 3 is 1.58 bits per heavy atom. The van der Waals surface area contributed by atoms with Crippen molar-refractivity contribution in [1.29, 1.82) is 0 Å². The summed E-state index contributed by atoms with van der Waals surface area (Å²) in [5.41, 5.74) is 0. The number of ether oxygens (including phenoxy) is 4. The third-order valence-electron chi connectivity index (χ3n) is 9.60. The molecule has 0 radical (unpaired) electrons. The van der Waals surface area contributed by atoms with Crippen LogP contribution in [-0.2, 0) is 33.3 Å². The highest BCUT2D eigenvalue weighted by Crippen LogP contribution is 2.23.